The van der Waals surface area contributed by atoms with E-state index in [1.807, 2.05) is 20.0 Å². The van der Waals surface area contributed by atoms with Crippen LogP contribution in [0.1, 0.15) is 37.6 Å². The number of hydrogen-bond donors (Lipinski definition) is 2. The van der Waals surface area contributed by atoms with Gasteiger partial charge >= 0.3 is 0 Å². The van der Waals surface area contributed by atoms with Gasteiger partial charge in [0.05, 0.1) is 19.3 Å². The van der Waals surface area contributed by atoms with Crippen molar-refractivity contribution < 1.29 is 4.74 Å². The Hall–Kier alpha value is -1.05. The molecule has 0 spiro atoms. The minimum atomic E-state index is 0. The fourth-order valence-corrected chi connectivity index (χ4v) is 2.03. The average molecular weight is 420 g/mol. The molecular formula is C16H29IN4O. The molecule has 0 saturated carbocycles. The first-order valence-corrected chi connectivity index (χ1v) is 7.50. The topological polar surface area (TPSA) is 58.5 Å². The molecule has 0 aromatic carbocycles. The van der Waals surface area contributed by atoms with Gasteiger partial charge in [0.2, 0.25) is 0 Å². The third-order valence-corrected chi connectivity index (χ3v) is 3.16. The minimum Gasteiger partial charge on any atom is -0.496 e. The summed E-state index contributed by atoms with van der Waals surface area (Å²) in [6, 6.07) is 0. The summed E-state index contributed by atoms with van der Waals surface area (Å²) in [5.74, 6) is 2.30. The monoisotopic (exact) mass is 420 g/mol. The number of guanidine groups is 1. The van der Waals surface area contributed by atoms with E-state index in [-0.39, 0.29) is 24.0 Å². The van der Waals surface area contributed by atoms with Gasteiger partial charge in [-0.25, -0.2) is 4.99 Å². The molecule has 0 aliphatic rings. The lowest BCUT2D eigenvalue weighted by atomic mass is 10.1. The van der Waals surface area contributed by atoms with Crippen LogP contribution >= 0.6 is 24.0 Å². The first-order valence-electron chi connectivity index (χ1n) is 7.50. The van der Waals surface area contributed by atoms with E-state index in [1.54, 1.807) is 7.11 Å². The van der Waals surface area contributed by atoms with Crippen LogP contribution in [0.25, 0.3) is 0 Å². The number of halogens is 1. The van der Waals surface area contributed by atoms with Crippen LogP contribution in [0.5, 0.6) is 5.75 Å². The minimum absolute atomic E-state index is 0. The smallest absolute Gasteiger partial charge is 0.191 e. The third-order valence-electron chi connectivity index (χ3n) is 3.16. The molecule has 0 radical (unpaired) electrons. The lowest BCUT2D eigenvalue weighted by Gasteiger charge is -2.14. The zero-order valence-corrected chi connectivity index (χ0v) is 16.8. The molecule has 0 aliphatic heterocycles. The fraction of sp³-hybridized carbons (Fsp3) is 0.625. The second-order valence-corrected chi connectivity index (χ2v) is 5.52. The number of nitrogens with zero attached hydrogens (tertiary/aromatic N) is 2. The summed E-state index contributed by atoms with van der Waals surface area (Å²) in [7, 11) is 1.69. The Morgan fingerprint density at radius 1 is 1.32 bits per heavy atom. The summed E-state index contributed by atoms with van der Waals surface area (Å²) in [5.41, 5.74) is 3.05. The molecule has 0 aliphatic carbocycles. The summed E-state index contributed by atoms with van der Waals surface area (Å²) in [6.07, 6.45) is 1.84. The van der Waals surface area contributed by atoms with E-state index in [4.69, 9.17) is 4.74 Å². The van der Waals surface area contributed by atoms with Crippen molar-refractivity contribution in [2.24, 2.45) is 10.9 Å². The number of aromatic nitrogens is 1. The van der Waals surface area contributed by atoms with Gasteiger partial charge < -0.3 is 15.4 Å². The van der Waals surface area contributed by atoms with Crippen LogP contribution in [0.15, 0.2) is 11.2 Å². The van der Waals surface area contributed by atoms with Crippen LogP contribution in [0, 0.1) is 19.8 Å². The van der Waals surface area contributed by atoms with Crippen LogP contribution in [0.2, 0.25) is 0 Å². The number of pyridine rings is 1. The summed E-state index contributed by atoms with van der Waals surface area (Å²) in [4.78, 5) is 9.07. The largest absolute Gasteiger partial charge is 0.496 e. The number of nitrogens with one attached hydrogen (secondary N) is 2. The van der Waals surface area contributed by atoms with Crippen molar-refractivity contribution in [1.82, 2.24) is 15.6 Å². The van der Waals surface area contributed by atoms with E-state index in [9.17, 15) is 0 Å². The van der Waals surface area contributed by atoms with Gasteiger partial charge in [0, 0.05) is 30.4 Å². The van der Waals surface area contributed by atoms with Gasteiger partial charge in [-0.1, -0.05) is 13.8 Å². The van der Waals surface area contributed by atoms with Crippen LogP contribution in [-0.4, -0.2) is 31.1 Å². The van der Waals surface area contributed by atoms with E-state index in [2.05, 4.69) is 41.4 Å². The van der Waals surface area contributed by atoms with Crippen molar-refractivity contribution in [2.45, 2.75) is 41.2 Å². The van der Waals surface area contributed by atoms with Crippen molar-refractivity contribution in [3.8, 4) is 5.75 Å². The van der Waals surface area contributed by atoms with Crippen LogP contribution in [0.3, 0.4) is 0 Å². The van der Waals surface area contributed by atoms with Gasteiger partial charge in [-0.2, -0.15) is 0 Å². The molecule has 0 atom stereocenters. The molecule has 2 N–H and O–H groups in total. The summed E-state index contributed by atoms with van der Waals surface area (Å²) in [6.45, 7) is 12.7. The highest BCUT2D eigenvalue weighted by Gasteiger charge is 2.09. The van der Waals surface area contributed by atoms with Crippen molar-refractivity contribution >= 4 is 29.9 Å². The van der Waals surface area contributed by atoms with Crippen LogP contribution in [0.4, 0.5) is 0 Å². The van der Waals surface area contributed by atoms with Crippen LogP contribution < -0.4 is 15.4 Å². The zero-order chi connectivity index (χ0) is 15.8. The molecule has 0 fully saturated rings. The third kappa shape index (κ3) is 6.37. The molecule has 5 nitrogen and oxygen atoms in total. The first kappa shape index (κ1) is 20.9. The van der Waals surface area contributed by atoms with Gasteiger partial charge in [0.1, 0.15) is 5.75 Å². The van der Waals surface area contributed by atoms with Gasteiger partial charge in [-0.15, -0.1) is 24.0 Å². The van der Waals surface area contributed by atoms with E-state index in [0.717, 1.165) is 41.6 Å². The average Bonchev–Trinajstić information content (AvgIpc) is 2.44. The predicted molar refractivity (Wildman–Crippen MR) is 103 cm³/mol. The number of hydrogen-bond acceptors (Lipinski definition) is 3. The lowest BCUT2D eigenvalue weighted by Crippen LogP contribution is -2.39. The Bertz CT molecular complexity index is 489. The number of rotatable bonds is 6. The summed E-state index contributed by atoms with van der Waals surface area (Å²) < 4.78 is 5.43. The predicted octanol–water partition coefficient (Wildman–Crippen LogP) is 3.04. The normalized spacial score (nSPS) is 11.1. The standard InChI is InChI=1S/C16H28N4O.HI/c1-7-17-16(19-8-11(2)3)20-10-14-13(5)15(21-6)12(4)9-18-14;/h9,11H,7-8,10H2,1-6H3,(H2,17,19,20);1H. The Morgan fingerprint density at radius 3 is 2.55 bits per heavy atom. The van der Waals surface area contributed by atoms with Crippen molar-refractivity contribution in [3.63, 3.8) is 0 Å². The Morgan fingerprint density at radius 2 is 2.00 bits per heavy atom. The maximum atomic E-state index is 5.43. The highest BCUT2D eigenvalue weighted by atomic mass is 127. The molecule has 0 amide bonds. The van der Waals surface area contributed by atoms with Gasteiger partial charge in [-0.3, -0.25) is 4.98 Å². The molecule has 1 rings (SSSR count). The van der Waals surface area contributed by atoms with Gasteiger partial charge in [0.25, 0.3) is 0 Å². The molecule has 0 saturated heterocycles. The molecule has 126 valence electrons. The number of aliphatic imine (C=N–C) groups is 1. The highest BCUT2D eigenvalue weighted by Crippen LogP contribution is 2.24. The summed E-state index contributed by atoms with van der Waals surface area (Å²) in [5, 5.41) is 6.58. The van der Waals surface area contributed by atoms with Gasteiger partial charge in [0.15, 0.2) is 5.96 Å². The number of aryl methyl sites for hydroxylation is 1. The second-order valence-electron chi connectivity index (χ2n) is 5.52. The molecule has 6 heteroatoms. The Balaban J connectivity index is 0.00000441. The lowest BCUT2D eigenvalue weighted by molar-refractivity contribution is 0.407. The van der Waals surface area contributed by atoms with E-state index >= 15 is 0 Å². The van der Waals surface area contributed by atoms with E-state index in [1.165, 1.54) is 0 Å². The maximum Gasteiger partial charge on any atom is 0.191 e. The molecule has 0 bridgehead atoms. The quantitative estimate of drug-likeness (QED) is 0.422. The summed E-state index contributed by atoms with van der Waals surface area (Å²) >= 11 is 0. The molecule has 0 unspecified atom stereocenters. The molecular weight excluding hydrogens is 391 g/mol. The van der Waals surface area contributed by atoms with Crippen molar-refractivity contribution in [2.75, 3.05) is 20.2 Å². The number of methoxy groups -OCH3 is 1. The number of ether oxygens (including phenoxy) is 1. The zero-order valence-electron chi connectivity index (χ0n) is 14.5. The molecule has 1 heterocycles. The van der Waals surface area contributed by atoms with Gasteiger partial charge in [-0.05, 0) is 26.7 Å². The van der Waals surface area contributed by atoms with Crippen molar-refractivity contribution in [1.29, 1.82) is 0 Å². The molecule has 1 aromatic heterocycles. The van der Waals surface area contributed by atoms with E-state index in [0.29, 0.717) is 12.5 Å². The van der Waals surface area contributed by atoms with Crippen LogP contribution in [-0.2, 0) is 6.54 Å². The fourth-order valence-electron chi connectivity index (χ4n) is 2.03. The Labute approximate surface area is 151 Å². The SMILES string of the molecule is CCNC(=NCc1ncc(C)c(OC)c1C)NCC(C)C.I. The molecule has 1 aromatic rings. The first-order chi connectivity index (χ1) is 9.99. The van der Waals surface area contributed by atoms with E-state index < -0.39 is 0 Å². The van der Waals surface area contributed by atoms with Crippen molar-refractivity contribution in [3.05, 3.63) is 23.0 Å². The molecule has 22 heavy (non-hydrogen) atoms. The highest BCUT2D eigenvalue weighted by molar-refractivity contribution is 14.0. The second kappa shape index (κ2) is 10.6. The maximum absolute atomic E-state index is 5.43. The Kier molecular flexibility index (Phi) is 10.1.